The van der Waals surface area contributed by atoms with Crippen LogP contribution in [0.1, 0.15) is 28.5 Å². The van der Waals surface area contributed by atoms with Crippen LogP contribution in [0.2, 0.25) is 0 Å². The monoisotopic (exact) mass is 529 g/mol. The molecule has 2 N–H and O–H groups in total. The average Bonchev–Trinajstić information content (AvgIpc) is 2.80. The molecule has 0 aliphatic heterocycles. The van der Waals surface area contributed by atoms with Gasteiger partial charge in [-0.25, -0.2) is 19.9 Å². The molecule has 0 saturated carbocycles. The van der Waals surface area contributed by atoms with E-state index in [2.05, 4.69) is 40.6 Å². The van der Waals surface area contributed by atoms with Crippen molar-refractivity contribution in [2.75, 3.05) is 24.4 Å². The van der Waals surface area contributed by atoms with Gasteiger partial charge in [0.1, 0.15) is 20.8 Å². The summed E-state index contributed by atoms with van der Waals surface area (Å²) in [5.41, 5.74) is 0.347. The zero-order chi connectivity index (χ0) is 29.2. The molecule has 0 fully saturated rings. The second-order valence-electron chi connectivity index (χ2n) is 5.99. The predicted octanol–water partition coefficient (Wildman–Crippen LogP) is 3.12. The minimum absolute atomic E-state index is 0.140. The van der Waals surface area contributed by atoms with E-state index in [4.69, 9.17) is 19.1 Å². The summed E-state index contributed by atoms with van der Waals surface area (Å²) < 4.78 is 96.0. The van der Waals surface area contributed by atoms with Gasteiger partial charge >= 0.3 is 6.01 Å². The Morgan fingerprint density at radius 2 is 1.84 bits per heavy atom. The van der Waals surface area contributed by atoms with Crippen molar-refractivity contribution in [3.05, 3.63) is 53.0 Å². The van der Waals surface area contributed by atoms with Crippen molar-refractivity contribution < 1.29 is 27.5 Å². The second-order valence-corrected chi connectivity index (χ2v) is 8.32. The van der Waals surface area contributed by atoms with Gasteiger partial charge in [0.15, 0.2) is 5.82 Å². The molecule has 32 heavy (non-hydrogen) atoms. The molecule has 3 rings (SSSR count). The molecule has 170 valence electrons. The van der Waals surface area contributed by atoms with Gasteiger partial charge in [-0.15, -0.1) is 0 Å². The number of hydrogen-bond acceptors (Lipinski definition) is 8. The van der Waals surface area contributed by atoms with Gasteiger partial charge in [-0.1, -0.05) is 35.0 Å². The first-order valence-electron chi connectivity index (χ1n) is 12.6. The molecule has 0 aliphatic carbocycles. The zero-order valence-electron chi connectivity index (χ0n) is 23.9. The number of ether oxygens (including phenoxy) is 2. The number of nitrogens with one attached hydrogen (secondary N) is 2. The Morgan fingerprint density at radius 3 is 2.53 bits per heavy atom. The van der Waals surface area contributed by atoms with E-state index >= 15 is 0 Å². The molecule has 3 aromatic rings. The molecular formula is C20H23BrN6O4S. The van der Waals surface area contributed by atoms with E-state index in [-0.39, 0.29) is 35.5 Å². The number of benzene rings is 1. The fourth-order valence-electron chi connectivity index (χ4n) is 2.25. The molecule has 2 heterocycles. The molecule has 0 atom stereocenters. The first-order valence-corrected chi connectivity index (χ1v) is 11.4. The molecule has 1 aromatic carbocycles. The van der Waals surface area contributed by atoms with E-state index in [0.29, 0.717) is 4.47 Å². The van der Waals surface area contributed by atoms with Crippen molar-refractivity contribution in [2.45, 2.75) is 20.3 Å². The Labute approximate surface area is 205 Å². The third-order valence-electron chi connectivity index (χ3n) is 3.58. The van der Waals surface area contributed by atoms with E-state index in [1.807, 2.05) is 4.72 Å². The number of nitrogens with zero attached hydrogens (tertiary/aromatic N) is 4. The van der Waals surface area contributed by atoms with Gasteiger partial charge < -0.3 is 9.47 Å². The van der Waals surface area contributed by atoms with E-state index in [1.54, 1.807) is 12.1 Å². The number of hydrogen-bond donors (Lipinski definition) is 2. The standard InChI is InChI=1S/C20H23BrN6O4S/c1-3-8-26-32(28,29)27-18-17(15-4-6-16(21)7-5-15)19(25-13-24-18)30-9-10-31-20-22-11-14(2)12-23-20/h4-7,11-13,26H,3,8-10H2,1-2H3,(H,24,25,27)/i8D2,9D2,11D,12D,13D. The molecule has 0 amide bonds. The fraction of sp³-hybridized carbons (Fsp3) is 0.300. The van der Waals surface area contributed by atoms with Crippen molar-refractivity contribution >= 4 is 32.0 Å². The van der Waals surface area contributed by atoms with Crippen molar-refractivity contribution in [1.82, 2.24) is 24.7 Å². The average molecular weight is 530 g/mol. The second kappa shape index (κ2) is 11.2. The van der Waals surface area contributed by atoms with Crippen LogP contribution in [0.3, 0.4) is 0 Å². The first kappa shape index (κ1) is 15.9. The molecule has 2 aromatic heterocycles. The lowest BCUT2D eigenvalue weighted by atomic mass is 10.1. The summed E-state index contributed by atoms with van der Waals surface area (Å²) in [6.45, 7) is -2.85. The molecular weight excluding hydrogens is 500 g/mol. The third kappa shape index (κ3) is 6.84. The molecule has 0 bridgehead atoms. The highest BCUT2D eigenvalue weighted by molar-refractivity contribution is 9.10. The summed E-state index contributed by atoms with van der Waals surface area (Å²) in [5, 5.41) is 0. The van der Waals surface area contributed by atoms with Gasteiger partial charge in [-0.2, -0.15) is 13.1 Å². The van der Waals surface area contributed by atoms with Crippen molar-refractivity contribution in [1.29, 1.82) is 0 Å². The van der Waals surface area contributed by atoms with Crippen LogP contribution in [0, 0.1) is 6.92 Å². The van der Waals surface area contributed by atoms with Gasteiger partial charge in [0.05, 0.1) is 11.0 Å². The van der Waals surface area contributed by atoms with Crippen molar-refractivity contribution in [3.63, 3.8) is 0 Å². The Bertz CT molecular complexity index is 1440. The van der Waals surface area contributed by atoms with E-state index < -0.39 is 53.9 Å². The van der Waals surface area contributed by atoms with E-state index in [0.717, 1.165) is 0 Å². The molecule has 0 radical (unpaired) electrons. The maximum Gasteiger partial charge on any atom is 0.316 e. The fourth-order valence-corrected chi connectivity index (χ4v) is 3.30. The van der Waals surface area contributed by atoms with Crippen LogP contribution in [0.25, 0.3) is 11.1 Å². The minimum atomic E-state index is -4.56. The molecule has 12 heteroatoms. The van der Waals surface area contributed by atoms with Gasteiger partial charge in [0, 0.05) is 26.1 Å². The lowest BCUT2D eigenvalue weighted by Gasteiger charge is -2.15. The minimum Gasteiger partial charge on any atom is -0.473 e. The summed E-state index contributed by atoms with van der Waals surface area (Å²) in [6, 6.07) is 5.87. The summed E-state index contributed by atoms with van der Waals surface area (Å²) in [7, 11) is -4.56. The SMILES string of the molecule is [2H]c1nc(NS(=O)(=O)NC([2H])([2H])CC)c(-c2ccc(Br)cc2)c(OC([2H])([2H])COc2nc([2H])c(C)c([2H])n2)n1. The lowest BCUT2D eigenvalue weighted by molar-refractivity contribution is 0.202. The Balaban J connectivity index is 2.00. The summed E-state index contributed by atoms with van der Waals surface area (Å²) in [4.78, 5) is 15.1. The quantitative estimate of drug-likeness (QED) is 0.387. The Kier molecular flexibility index (Phi) is 5.54. The van der Waals surface area contributed by atoms with Crippen LogP contribution in [0.4, 0.5) is 5.82 Å². The zero-order valence-corrected chi connectivity index (χ0v) is 19.3. The normalized spacial score (nSPS) is 15.3. The van der Waals surface area contributed by atoms with Crippen LogP contribution in [-0.2, 0) is 10.2 Å². The predicted molar refractivity (Wildman–Crippen MR) is 124 cm³/mol. The topological polar surface area (TPSA) is 128 Å². The summed E-state index contributed by atoms with van der Waals surface area (Å²) in [6.07, 6.45) is -1.43. The van der Waals surface area contributed by atoms with E-state index in [9.17, 15) is 8.42 Å². The number of anilines is 1. The van der Waals surface area contributed by atoms with Crippen LogP contribution < -0.4 is 18.9 Å². The Hall–Kier alpha value is -2.83. The Morgan fingerprint density at radius 1 is 1.12 bits per heavy atom. The summed E-state index contributed by atoms with van der Waals surface area (Å²) >= 11 is 3.29. The molecule has 0 aliphatic rings. The highest BCUT2D eigenvalue weighted by Gasteiger charge is 2.19. The smallest absolute Gasteiger partial charge is 0.316 e. The van der Waals surface area contributed by atoms with Crippen LogP contribution >= 0.6 is 15.9 Å². The highest BCUT2D eigenvalue weighted by atomic mass is 79.9. The van der Waals surface area contributed by atoms with Crippen LogP contribution in [0.15, 0.2) is 47.4 Å². The van der Waals surface area contributed by atoms with Crippen LogP contribution in [0.5, 0.6) is 11.9 Å². The van der Waals surface area contributed by atoms with Gasteiger partial charge in [-0.05, 0) is 36.6 Å². The maximum absolute atomic E-state index is 12.7. The first-order chi connectivity index (χ1) is 18.0. The molecule has 0 saturated heterocycles. The lowest BCUT2D eigenvalue weighted by Crippen LogP contribution is -2.31. The van der Waals surface area contributed by atoms with Crippen molar-refractivity contribution in [2.24, 2.45) is 0 Å². The maximum atomic E-state index is 12.7. The largest absolute Gasteiger partial charge is 0.473 e. The molecule has 10 nitrogen and oxygen atoms in total. The van der Waals surface area contributed by atoms with Crippen molar-refractivity contribution in [3.8, 4) is 23.0 Å². The van der Waals surface area contributed by atoms with Gasteiger partial charge in [0.2, 0.25) is 5.88 Å². The number of rotatable bonds is 11. The number of halogens is 1. The third-order valence-corrected chi connectivity index (χ3v) is 4.98. The van der Waals surface area contributed by atoms with Gasteiger partial charge in [-0.3, -0.25) is 4.72 Å². The van der Waals surface area contributed by atoms with Gasteiger partial charge in [0.25, 0.3) is 10.2 Å². The molecule has 0 unspecified atom stereocenters. The van der Waals surface area contributed by atoms with Crippen LogP contribution in [-0.4, -0.2) is 48.0 Å². The number of aromatic nitrogens is 4. The highest BCUT2D eigenvalue weighted by Crippen LogP contribution is 2.34. The van der Waals surface area contributed by atoms with E-state index in [1.165, 1.54) is 26.0 Å². The summed E-state index contributed by atoms with van der Waals surface area (Å²) in [5.74, 6) is -0.989. The molecule has 0 spiro atoms.